The zero-order chi connectivity index (χ0) is 19.3. The third-order valence-corrected chi connectivity index (χ3v) is 6.26. The summed E-state index contributed by atoms with van der Waals surface area (Å²) >= 11 is 7.04. The minimum Gasteiger partial charge on any atom is -0.493 e. The lowest BCUT2D eigenvalue weighted by Crippen LogP contribution is -2.42. The topological polar surface area (TPSA) is 32.7 Å². The molecule has 0 radical (unpaired) electrons. The summed E-state index contributed by atoms with van der Waals surface area (Å²) in [5, 5.41) is 11.1. The van der Waals surface area contributed by atoms with Crippen molar-refractivity contribution >= 4 is 31.9 Å². The van der Waals surface area contributed by atoms with Gasteiger partial charge in [0.1, 0.15) is 5.75 Å². The molecular weight excluding hydrogens is 470 g/mol. The molecule has 0 spiro atoms. The predicted molar refractivity (Wildman–Crippen MR) is 117 cm³/mol. The molecule has 1 aliphatic rings. The number of benzene rings is 2. The van der Waals surface area contributed by atoms with Crippen LogP contribution in [0.4, 0.5) is 0 Å². The van der Waals surface area contributed by atoms with Gasteiger partial charge in [-0.05, 0) is 55.2 Å². The minimum absolute atomic E-state index is 0.727. The van der Waals surface area contributed by atoms with Gasteiger partial charge in [0.25, 0.3) is 0 Å². The Labute approximate surface area is 179 Å². The summed E-state index contributed by atoms with van der Waals surface area (Å²) in [4.78, 5) is 2.40. The average molecular weight is 497 g/mol. The molecule has 146 valence electrons. The maximum absolute atomic E-state index is 11.1. The summed E-state index contributed by atoms with van der Waals surface area (Å²) in [5.74, 6) is 0.973. The number of halogens is 2. The summed E-state index contributed by atoms with van der Waals surface area (Å²) in [5.41, 5.74) is 1.49. The van der Waals surface area contributed by atoms with Crippen LogP contribution in [-0.2, 0) is 12.1 Å². The monoisotopic (exact) mass is 495 g/mol. The molecule has 2 aromatic rings. The Morgan fingerprint density at radius 2 is 1.70 bits per heavy atom. The van der Waals surface area contributed by atoms with Crippen LogP contribution in [0.2, 0.25) is 0 Å². The van der Waals surface area contributed by atoms with E-state index in [1.54, 1.807) is 0 Å². The van der Waals surface area contributed by atoms with Crippen LogP contribution in [0.25, 0.3) is 0 Å². The number of rotatable bonds is 7. The van der Waals surface area contributed by atoms with Crippen molar-refractivity contribution in [2.45, 2.75) is 44.8 Å². The number of hydrogen-bond donors (Lipinski definition) is 1. The molecule has 1 N–H and O–H groups in total. The lowest BCUT2D eigenvalue weighted by Gasteiger charge is -2.38. The highest BCUT2D eigenvalue weighted by atomic mass is 79.9. The van der Waals surface area contributed by atoms with E-state index in [1.165, 1.54) is 5.56 Å². The van der Waals surface area contributed by atoms with Crippen molar-refractivity contribution in [2.75, 3.05) is 19.7 Å². The molecule has 3 rings (SSSR count). The molecular formula is C22H27Br2NO2. The normalized spacial score (nSPS) is 17.0. The van der Waals surface area contributed by atoms with Gasteiger partial charge < -0.3 is 9.84 Å². The van der Waals surface area contributed by atoms with Crippen LogP contribution in [0.3, 0.4) is 0 Å². The zero-order valence-corrected chi connectivity index (χ0v) is 18.9. The number of unbranched alkanes of at least 4 members (excludes halogenated alkanes) is 1. The standard InChI is InChI=1S/C22H27Br2NO2/c1-2-3-14-27-21-9-8-20(24)15-17(21)16-25-12-10-22(26,11-13-25)18-4-6-19(23)7-5-18/h4-9,15,26H,2-3,10-14,16H2,1H3. The fourth-order valence-corrected chi connectivity index (χ4v) is 4.18. The van der Waals surface area contributed by atoms with E-state index in [-0.39, 0.29) is 0 Å². The van der Waals surface area contributed by atoms with Gasteiger partial charge >= 0.3 is 0 Å². The first-order valence-corrected chi connectivity index (χ1v) is 11.2. The van der Waals surface area contributed by atoms with Gasteiger partial charge in [-0.3, -0.25) is 4.90 Å². The number of aliphatic hydroxyl groups is 1. The van der Waals surface area contributed by atoms with Crippen LogP contribution < -0.4 is 4.74 Å². The van der Waals surface area contributed by atoms with Gasteiger partial charge in [0.2, 0.25) is 0 Å². The molecule has 0 saturated carbocycles. The second kappa shape index (κ2) is 9.55. The molecule has 0 bridgehead atoms. The van der Waals surface area contributed by atoms with Crippen molar-refractivity contribution in [1.82, 2.24) is 4.90 Å². The number of nitrogens with zero attached hydrogens (tertiary/aromatic N) is 1. The van der Waals surface area contributed by atoms with Gasteiger partial charge in [0.15, 0.2) is 0 Å². The molecule has 5 heteroatoms. The van der Waals surface area contributed by atoms with Gasteiger partial charge in [-0.15, -0.1) is 0 Å². The first-order valence-electron chi connectivity index (χ1n) is 9.62. The number of likely N-dealkylation sites (tertiary alicyclic amines) is 1. The molecule has 3 nitrogen and oxygen atoms in total. The van der Waals surface area contributed by atoms with Crippen LogP contribution in [0.1, 0.15) is 43.7 Å². The van der Waals surface area contributed by atoms with Gasteiger partial charge in [-0.1, -0.05) is 57.3 Å². The molecule has 0 aliphatic carbocycles. The van der Waals surface area contributed by atoms with E-state index in [1.807, 2.05) is 30.3 Å². The SMILES string of the molecule is CCCCOc1ccc(Br)cc1CN1CCC(O)(c2ccc(Br)cc2)CC1. The number of ether oxygens (including phenoxy) is 1. The van der Waals surface area contributed by atoms with E-state index in [0.717, 1.165) is 72.2 Å². The summed E-state index contributed by atoms with van der Waals surface area (Å²) in [7, 11) is 0. The highest BCUT2D eigenvalue weighted by Gasteiger charge is 2.34. The van der Waals surface area contributed by atoms with Gasteiger partial charge in [0.05, 0.1) is 12.2 Å². The third-order valence-electron chi connectivity index (χ3n) is 5.24. The molecule has 27 heavy (non-hydrogen) atoms. The van der Waals surface area contributed by atoms with E-state index in [0.29, 0.717) is 0 Å². The lowest BCUT2D eigenvalue weighted by atomic mass is 9.84. The maximum atomic E-state index is 11.1. The van der Waals surface area contributed by atoms with Gasteiger partial charge in [-0.25, -0.2) is 0 Å². The first kappa shape index (κ1) is 20.8. The molecule has 0 unspecified atom stereocenters. The molecule has 2 aromatic carbocycles. The number of hydrogen-bond acceptors (Lipinski definition) is 3. The summed E-state index contributed by atoms with van der Waals surface area (Å²) in [6, 6.07) is 14.3. The van der Waals surface area contributed by atoms with E-state index in [4.69, 9.17) is 4.74 Å². The summed E-state index contributed by atoms with van der Waals surface area (Å²) in [6.45, 7) is 5.51. The molecule has 1 fully saturated rings. The Balaban J connectivity index is 1.63. The summed E-state index contributed by atoms with van der Waals surface area (Å²) < 4.78 is 8.11. The molecule has 0 amide bonds. The Kier molecular flexibility index (Phi) is 7.37. The Bertz CT molecular complexity index is 740. The van der Waals surface area contributed by atoms with E-state index in [2.05, 4.69) is 55.8 Å². The molecule has 1 saturated heterocycles. The fraction of sp³-hybridized carbons (Fsp3) is 0.455. The van der Waals surface area contributed by atoms with Crippen molar-refractivity contribution < 1.29 is 9.84 Å². The molecule has 1 aliphatic heterocycles. The van der Waals surface area contributed by atoms with Crippen molar-refractivity contribution in [3.63, 3.8) is 0 Å². The van der Waals surface area contributed by atoms with E-state index in [9.17, 15) is 5.11 Å². The Morgan fingerprint density at radius 1 is 1.04 bits per heavy atom. The van der Waals surface area contributed by atoms with Crippen molar-refractivity contribution in [2.24, 2.45) is 0 Å². The van der Waals surface area contributed by atoms with E-state index < -0.39 is 5.60 Å². The first-order chi connectivity index (χ1) is 13.0. The Hall–Kier alpha value is -0.880. The molecule has 0 atom stereocenters. The highest BCUT2D eigenvalue weighted by molar-refractivity contribution is 9.10. The number of piperidine rings is 1. The van der Waals surface area contributed by atoms with Crippen LogP contribution in [0, 0.1) is 0 Å². The average Bonchev–Trinajstić information content (AvgIpc) is 2.66. The minimum atomic E-state index is -0.727. The maximum Gasteiger partial charge on any atom is 0.123 e. The van der Waals surface area contributed by atoms with Crippen LogP contribution in [0.5, 0.6) is 5.75 Å². The van der Waals surface area contributed by atoms with Crippen LogP contribution >= 0.6 is 31.9 Å². The third kappa shape index (κ3) is 5.57. The predicted octanol–water partition coefficient (Wildman–Crippen LogP) is 5.87. The van der Waals surface area contributed by atoms with Crippen LogP contribution in [0.15, 0.2) is 51.4 Å². The molecule has 0 aromatic heterocycles. The second-order valence-electron chi connectivity index (χ2n) is 7.27. The smallest absolute Gasteiger partial charge is 0.123 e. The van der Waals surface area contributed by atoms with Gasteiger partial charge in [-0.2, -0.15) is 0 Å². The van der Waals surface area contributed by atoms with E-state index >= 15 is 0 Å². The quantitative estimate of drug-likeness (QED) is 0.486. The fourth-order valence-electron chi connectivity index (χ4n) is 3.51. The van der Waals surface area contributed by atoms with Crippen molar-refractivity contribution in [3.05, 3.63) is 62.5 Å². The Morgan fingerprint density at radius 3 is 2.37 bits per heavy atom. The van der Waals surface area contributed by atoms with Crippen molar-refractivity contribution in [1.29, 1.82) is 0 Å². The summed E-state index contributed by atoms with van der Waals surface area (Å²) in [6.07, 6.45) is 3.69. The van der Waals surface area contributed by atoms with Crippen molar-refractivity contribution in [3.8, 4) is 5.75 Å². The highest BCUT2D eigenvalue weighted by Crippen LogP contribution is 2.34. The molecule has 1 heterocycles. The van der Waals surface area contributed by atoms with Crippen LogP contribution in [-0.4, -0.2) is 29.7 Å². The lowest BCUT2D eigenvalue weighted by molar-refractivity contribution is -0.0278. The van der Waals surface area contributed by atoms with Gasteiger partial charge in [0, 0.05) is 34.1 Å². The zero-order valence-electron chi connectivity index (χ0n) is 15.8. The second-order valence-corrected chi connectivity index (χ2v) is 9.10. The largest absolute Gasteiger partial charge is 0.493 e.